The lowest BCUT2D eigenvalue weighted by Gasteiger charge is -2.15. The van der Waals surface area contributed by atoms with Crippen LogP contribution in [0.25, 0.3) is 11.3 Å². The van der Waals surface area contributed by atoms with E-state index in [1.165, 1.54) is 6.20 Å². The number of hydrogen-bond acceptors (Lipinski definition) is 4. The van der Waals surface area contributed by atoms with Gasteiger partial charge in [-0.05, 0) is 43.3 Å². The summed E-state index contributed by atoms with van der Waals surface area (Å²) in [6, 6.07) is 4.63. The highest BCUT2D eigenvalue weighted by atomic mass is 19.4. The molecule has 3 aromatic rings. The summed E-state index contributed by atoms with van der Waals surface area (Å²) in [5.41, 5.74) is -2.31. The van der Waals surface area contributed by atoms with E-state index in [-0.39, 0.29) is 12.0 Å². The number of pyridine rings is 1. The van der Waals surface area contributed by atoms with Crippen LogP contribution >= 0.6 is 0 Å². The first kappa shape index (κ1) is 22.0. The molecular formula is C19H13F6N5O. The molecule has 0 aliphatic carbocycles. The number of halogens is 6. The van der Waals surface area contributed by atoms with E-state index < -0.39 is 35.2 Å². The Bertz CT molecular complexity index is 1070. The molecule has 162 valence electrons. The minimum absolute atomic E-state index is 0.0348. The van der Waals surface area contributed by atoms with E-state index in [0.717, 1.165) is 0 Å². The minimum Gasteiger partial charge on any atom is -0.308 e. The first-order valence-corrected chi connectivity index (χ1v) is 8.55. The number of urea groups is 1. The van der Waals surface area contributed by atoms with Crippen LogP contribution in [-0.2, 0) is 12.4 Å². The molecule has 1 aromatic carbocycles. The first-order valence-electron chi connectivity index (χ1n) is 8.55. The highest BCUT2D eigenvalue weighted by molar-refractivity contribution is 5.98. The van der Waals surface area contributed by atoms with Gasteiger partial charge in [-0.3, -0.25) is 10.3 Å². The van der Waals surface area contributed by atoms with E-state index in [2.05, 4.69) is 20.3 Å². The van der Waals surface area contributed by atoms with Gasteiger partial charge < -0.3 is 5.32 Å². The van der Waals surface area contributed by atoms with Crippen LogP contribution in [0.15, 0.2) is 48.8 Å². The Kier molecular flexibility index (Phi) is 5.82. The summed E-state index contributed by atoms with van der Waals surface area (Å²) in [6.45, 7) is 1.62. The van der Waals surface area contributed by atoms with Gasteiger partial charge in [0.15, 0.2) is 0 Å². The van der Waals surface area contributed by atoms with Crippen LogP contribution in [-0.4, -0.2) is 21.0 Å². The standard InChI is InChI=1S/C19H13F6N5O/c1-10-5-15(11-3-2-4-26-9-11)29-16(27-10)30-17(31)28-14-7-12(18(20,21)22)6-13(8-14)19(23,24)25/h2-9H,1H3,(H2,27,28,29,30,31). The smallest absolute Gasteiger partial charge is 0.308 e. The van der Waals surface area contributed by atoms with Gasteiger partial charge in [-0.25, -0.2) is 14.8 Å². The van der Waals surface area contributed by atoms with Crippen LogP contribution in [0.3, 0.4) is 0 Å². The second-order valence-corrected chi connectivity index (χ2v) is 6.33. The number of carbonyl (C=O) groups excluding carboxylic acids is 1. The second-order valence-electron chi connectivity index (χ2n) is 6.33. The van der Waals surface area contributed by atoms with Crippen molar-refractivity contribution in [1.29, 1.82) is 0 Å². The Morgan fingerprint density at radius 2 is 1.55 bits per heavy atom. The van der Waals surface area contributed by atoms with Crippen molar-refractivity contribution in [2.24, 2.45) is 0 Å². The second kappa shape index (κ2) is 8.20. The van der Waals surface area contributed by atoms with Crippen LogP contribution in [0.5, 0.6) is 0 Å². The average molecular weight is 441 g/mol. The zero-order valence-corrected chi connectivity index (χ0v) is 15.6. The zero-order valence-electron chi connectivity index (χ0n) is 15.6. The third-order valence-electron chi connectivity index (χ3n) is 3.88. The number of aromatic nitrogens is 3. The Morgan fingerprint density at radius 1 is 0.903 bits per heavy atom. The van der Waals surface area contributed by atoms with Crippen molar-refractivity contribution in [2.45, 2.75) is 19.3 Å². The van der Waals surface area contributed by atoms with Crippen molar-refractivity contribution in [2.75, 3.05) is 10.6 Å². The molecule has 0 atom stereocenters. The first-order chi connectivity index (χ1) is 14.4. The third-order valence-corrected chi connectivity index (χ3v) is 3.88. The fourth-order valence-electron chi connectivity index (χ4n) is 2.58. The van der Waals surface area contributed by atoms with Gasteiger partial charge in [-0.1, -0.05) is 0 Å². The maximum absolute atomic E-state index is 12.9. The number of benzene rings is 1. The number of rotatable bonds is 3. The van der Waals surface area contributed by atoms with Crippen LogP contribution in [0, 0.1) is 6.92 Å². The van der Waals surface area contributed by atoms with Gasteiger partial charge in [0.2, 0.25) is 5.95 Å². The number of carbonyl (C=O) groups is 1. The fourth-order valence-corrected chi connectivity index (χ4v) is 2.58. The predicted octanol–water partition coefficient (Wildman–Crippen LogP) is 5.53. The molecule has 31 heavy (non-hydrogen) atoms. The molecule has 2 heterocycles. The number of nitrogens with one attached hydrogen (secondary N) is 2. The lowest BCUT2D eigenvalue weighted by atomic mass is 10.1. The molecule has 6 nitrogen and oxygen atoms in total. The molecule has 0 aliphatic heterocycles. The molecule has 0 saturated carbocycles. The number of nitrogens with zero attached hydrogens (tertiary/aromatic N) is 3. The minimum atomic E-state index is -5.04. The molecule has 12 heteroatoms. The van der Waals surface area contributed by atoms with Crippen LogP contribution < -0.4 is 10.6 Å². The van der Waals surface area contributed by atoms with Gasteiger partial charge in [0, 0.05) is 29.3 Å². The number of alkyl halides is 6. The van der Waals surface area contributed by atoms with Crippen molar-refractivity contribution in [3.8, 4) is 11.3 Å². The monoisotopic (exact) mass is 441 g/mol. The van der Waals surface area contributed by atoms with E-state index in [1.54, 1.807) is 31.3 Å². The number of hydrogen-bond donors (Lipinski definition) is 2. The molecule has 0 spiro atoms. The number of aryl methyl sites for hydroxylation is 1. The number of anilines is 2. The molecule has 2 amide bonds. The Balaban J connectivity index is 1.85. The molecule has 3 rings (SSSR count). The maximum atomic E-state index is 12.9. The van der Waals surface area contributed by atoms with E-state index in [9.17, 15) is 31.1 Å². The third kappa shape index (κ3) is 5.68. The summed E-state index contributed by atoms with van der Waals surface area (Å²) in [4.78, 5) is 24.2. The van der Waals surface area contributed by atoms with Gasteiger partial charge in [-0.2, -0.15) is 26.3 Å². The lowest BCUT2D eigenvalue weighted by molar-refractivity contribution is -0.143. The van der Waals surface area contributed by atoms with Gasteiger partial charge >= 0.3 is 18.4 Å². The van der Waals surface area contributed by atoms with Crippen molar-refractivity contribution < 1.29 is 31.1 Å². The van der Waals surface area contributed by atoms with Crippen molar-refractivity contribution in [3.05, 3.63) is 65.6 Å². The summed E-state index contributed by atoms with van der Waals surface area (Å²) in [6.07, 6.45) is -7.00. The molecular weight excluding hydrogens is 428 g/mol. The molecule has 0 saturated heterocycles. The summed E-state index contributed by atoms with van der Waals surface area (Å²) < 4.78 is 77.7. The van der Waals surface area contributed by atoms with Gasteiger partial charge in [0.05, 0.1) is 16.8 Å². The van der Waals surface area contributed by atoms with E-state index in [0.29, 0.717) is 29.1 Å². The van der Waals surface area contributed by atoms with Crippen molar-refractivity contribution >= 4 is 17.7 Å². The molecule has 0 bridgehead atoms. The molecule has 0 fully saturated rings. The molecule has 0 aliphatic rings. The van der Waals surface area contributed by atoms with Crippen molar-refractivity contribution in [1.82, 2.24) is 15.0 Å². The Labute approximate surface area is 171 Å². The normalized spacial score (nSPS) is 11.8. The zero-order chi connectivity index (χ0) is 22.8. The van der Waals surface area contributed by atoms with Crippen molar-refractivity contribution in [3.63, 3.8) is 0 Å². The summed E-state index contributed by atoms with van der Waals surface area (Å²) >= 11 is 0. The van der Waals surface area contributed by atoms with E-state index >= 15 is 0 Å². The van der Waals surface area contributed by atoms with Crippen LogP contribution in [0.4, 0.5) is 42.8 Å². The van der Waals surface area contributed by atoms with Gasteiger partial charge in [0.1, 0.15) is 0 Å². The maximum Gasteiger partial charge on any atom is 0.416 e. The van der Waals surface area contributed by atoms with E-state index in [1.807, 2.05) is 5.32 Å². The topological polar surface area (TPSA) is 79.8 Å². The summed E-state index contributed by atoms with van der Waals surface area (Å²) in [5.74, 6) is -0.195. The van der Waals surface area contributed by atoms with Crippen LogP contribution in [0.2, 0.25) is 0 Å². The van der Waals surface area contributed by atoms with Crippen LogP contribution in [0.1, 0.15) is 16.8 Å². The largest absolute Gasteiger partial charge is 0.416 e. The summed E-state index contributed by atoms with van der Waals surface area (Å²) in [5, 5.41) is 4.15. The quantitative estimate of drug-likeness (QED) is 0.524. The van der Waals surface area contributed by atoms with Gasteiger partial charge in [-0.15, -0.1) is 0 Å². The fraction of sp³-hybridized carbons (Fsp3) is 0.158. The van der Waals surface area contributed by atoms with Gasteiger partial charge in [0.25, 0.3) is 0 Å². The molecule has 0 unspecified atom stereocenters. The molecule has 2 aromatic heterocycles. The number of amides is 2. The lowest BCUT2D eigenvalue weighted by Crippen LogP contribution is -2.22. The highest BCUT2D eigenvalue weighted by Gasteiger charge is 2.37. The average Bonchev–Trinajstić information content (AvgIpc) is 2.66. The summed E-state index contributed by atoms with van der Waals surface area (Å²) in [7, 11) is 0. The van der Waals surface area contributed by atoms with E-state index in [4.69, 9.17) is 0 Å². The molecule has 0 radical (unpaired) electrons. The SMILES string of the molecule is Cc1cc(-c2cccnc2)nc(NC(=O)Nc2cc(C(F)(F)F)cc(C(F)(F)F)c2)n1. The predicted molar refractivity (Wildman–Crippen MR) is 99.1 cm³/mol. The highest BCUT2D eigenvalue weighted by Crippen LogP contribution is 2.37. The Hall–Kier alpha value is -3.70. The molecule has 2 N–H and O–H groups in total. The Morgan fingerprint density at radius 3 is 2.10 bits per heavy atom.